The van der Waals surface area contributed by atoms with Crippen LogP contribution in [0.15, 0.2) is 0 Å². The summed E-state index contributed by atoms with van der Waals surface area (Å²) in [6.07, 6.45) is 10.6. The quantitative estimate of drug-likeness (QED) is 0.183. The topological polar surface area (TPSA) is 183 Å². The van der Waals surface area contributed by atoms with Crippen molar-refractivity contribution >= 4 is 41.2 Å². The summed E-state index contributed by atoms with van der Waals surface area (Å²) in [5, 5.41) is 13.8. The van der Waals surface area contributed by atoms with Crippen LogP contribution in [0.2, 0.25) is 0 Å². The molecule has 0 aromatic carbocycles. The van der Waals surface area contributed by atoms with Gasteiger partial charge in [0.25, 0.3) is 5.91 Å². The molecule has 0 aromatic heterocycles. The molecule has 4 rings (SSSR count). The fourth-order valence-corrected chi connectivity index (χ4v) is 7.91. The monoisotopic (exact) mass is 700 g/mol. The minimum absolute atomic E-state index is 0.00302. The molecule has 50 heavy (non-hydrogen) atoms. The lowest BCUT2D eigenvalue weighted by atomic mass is 9.81. The number of Topliss-reactive ketones (excluding diaryl/α,β-unsaturated/α-hetero) is 1. The first-order valence-corrected chi connectivity index (χ1v) is 19.0. The number of rotatable bonds is 13. The summed E-state index contributed by atoms with van der Waals surface area (Å²) in [6, 6.07) is -4.40. The number of ketones is 1. The van der Waals surface area contributed by atoms with Crippen molar-refractivity contribution in [1.29, 1.82) is 0 Å². The zero-order valence-corrected chi connectivity index (χ0v) is 30.9. The van der Waals surface area contributed by atoms with Crippen LogP contribution in [0.4, 0.5) is 0 Å². The maximum atomic E-state index is 14.8. The molecule has 3 aliphatic carbocycles. The van der Waals surface area contributed by atoms with Gasteiger partial charge in [0.15, 0.2) is 0 Å². The van der Waals surface area contributed by atoms with Crippen molar-refractivity contribution in [2.75, 3.05) is 0 Å². The lowest BCUT2D eigenvalue weighted by Crippen LogP contribution is -2.63. The number of hydrogen-bond acceptors (Lipinski definition) is 7. The molecule has 1 heterocycles. The number of amides is 6. The van der Waals surface area contributed by atoms with Gasteiger partial charge in [-0.3, -0.25) is 33.6 Å². The van der Waals surface area contributed by atoms with Crippen molar-refractivity contribution in [2.45, 2.75) is 174 Å². The Bertz CT molecular complexity index is 1290. The van der Waals surface area contributed by atoms with Crippen LogP contribution in [0.1, 0.15) is 131 Å². The Kier molecular flexibility index (Phi) is 13.5. The van der Waals surface area contributed by atoms with Crippen LogP contribution in [0, 0.1) is 17.3 Å². The number of fused-ring (bicyclic) bond motifs is 1. The molecule has 6 atom stereocenters. The Balaban J connectivity index is 1.58. The van der Waals surface area contributed by atoms with Gasteiger partial charge in [-0.2, -0.15) is 0 Å². The Morgan fingerprint density at radius 2 is 1.36 bits per heavy atom. The highest BCUT2D eigenvalue weighted by Crippen LogP contribution is 2.41. The third kappa shape index (κ3) is 10.1. The lowest BCUT2D eigenvalue weighted by Gasteiger charge is -2.40. The van der Waals surface area contributed by atoms with E-state index in [1.807, 2.05) is 27.7 Å². The number of hydrogen-bond donors (Lipinski definition) is 5. The molecule has 1 aliphatic heterocycles. The van der Waals surface area contributed by atoms with Crippen LogP contribution >= 0.6 is 0 Å². The van der Waals surface area contributed by atoms with Gasteiger partial charge >= 0.3 is 11.8 Å². The molecule has 5 N–H and O–H groups in total. The standard InChI is InChI=1S/C37H60N6O7/c1-7-13-25(29(44)33(47)39-24-18-19-24)40-31(45)27-20-23-16-11-12-17-26(23)43(27)36(50)30(37(4,5)6)42-32(46)28(22-14-9-8-10-15-22)41-35(49)34(48)38-21(2)3/h21-28,30H,7-20H2,1-6H3,(H,38,48)(H,39,47)(H,40,45)(H,41,49)(H,42,46)/t23?,25-,26?,27?,28-,30+/m0/s1. The van der Waals surface area contributed by atoms with Crippen molar-refractivity contribution in [3.63, 3.8) is 0 Å². The highest BCUT2D eigenvalue weighted by molar-refractivity contribution is 6.38. The summed E-state index contributed by atoms with van der Waals surface area (Å²) in [7, 11) is 0. The third-order valence-electron chi connectivity index (χ3n) is 10.7. The van der Waals surface area contributed by atoms with E-state index in [2.05, 4.69) is 26.6 Å². The number of nitrogens with one attached hydrogen (secondary N) is 5. The summed E-state index contributed by atoms with van der Waals surface area (Å²) in [6.45, 7) is 10.9. The van der Waals surface area contributed by atoms with Crippen LogP contribution in [-0.4, -0.2) is 88.4 Å². The first-order chi connectivity index (χ1) is 23.6. The van der Waals surface area contributed by atoms with Crippen molar-refractivity contribution < 1.29 is 33.6 Å². The molecule has 1 saturated heterocycles. The maximum Gasteiger partial charge on any atom is 0.309 e. The largest absolute Gasteiger partial charge is 0.347 e. The molecule has 0 radical (unpaired) electrons. The van der Waals surface area contributed by atoms with Gasteiger partial charge in [-0.15, -0.1) is 0 Å². The van der Waals surface area contributed by atoms with E-state index in [0.717, 1.165) is 57.8 Å². The molecule has 3 unspecified atom stereocenters. The van der Waals surface area contributed by atoms with Gasteiger partial charge in [0, 0.05) is 18.1 Å². The predicted molar refractivity (Wildman–Crippen MR) is 187 cm³/mol. The van der Waals surface area contributed by atoms with E-state index >= 15 is 0 Å². The second-order valence-corrected chi connectivity index (χ2v) is 16.4. The van der Waals surface area contributed by atoms with Crippen LogP contribution in [0.3, 0.4) is 0 Å². The average Bonchev–Trinajstić information content (AvgIpc) is 3.80. The third-order valence-corrected chi connectivity index (χ3v) is 10.7. The summed E-state index contributed by atoms with van der Waals surface area (Å²) in [5.41, 5.74) is -0.779. The van der Waals surface area contributed by atoms with Crippen LogP contribution in [-0.2, 0) is 33.6 Å². The minimum Gasteiger partial charge on any atom is -0.347 e. The number of likely N-dealkylation sites (tertiary alicyclic amines) is 1. The predicted octanol–water partition coefficient (Wildman–Crippen LogP) is 2.40. The zero-order valence-electron chi connectivity index (χ0n) is 30.9. The molecule has 6 amide bonds. The van der Waals surface area contributed by atoms with Gasteiger partial charge < -0.3 is 31.5 Å². The Labute approximate surface area is 296 Å². The van der Waals surface area contributed by atoms with E-state index in [9.17, 15) is 33.6 Å². The number of nitrogens with zero attached hydrogens (tertiary/aromatic N) is 1. The van der Waals surface area contributed by atoms with Crippen molar-refractivity contribution in [2.24, 2.45) is 17.3 Å². The first-order valence-electron chi connectivity index (χ1n) is 19.0. The first kappa shape index (κ1) is 39.3. The van der Waals surface area contributed by atoms with E-state index < -0.39 is 70.8 Å². The van der Waals surface area contributed by atoms with Crippen LogP contribution in [0.5, 0.6) is 0 Å². The molecular formula is C37H60N6O7. The number of carbonyl (C=O) groups excluding carboxylic acids is 7. The van der Waals surface area contributed by atoms with Gasteiger partial charge in [0.05, 0.1) is 6.04 Å². The van der Waals surface area contributed by atoms with E-state index in [-0.39, 0.29) is 30.0 Å². The van der Waals surface area contributed by atoms with Crippen molar-refractivity contribution in [1.82, 2.24) is 31.5 Å². The smallest absolute Gasteiger partial charge is 0.309 e. The van der Waals surface area contributed by atoms with Crippen LogP contribution < -0.4 is 26.6 Å². The fourth-order valence-electron chi connectivity index (χ4n) is 7.91. The molecule has 13 heteroatoms. The normalized spacial score (nSPS) is 24.3. The zero-order chi connectivity index (χ0) is 36.7. The molecule has 4 aliphatic rings. The molecule has 13 nitrogen and oxygen atoms in total. The molecule has 3 saturated carbocycles. The molecular weight excluding hydrogens is 640 g/mol. The number of carbonyl (C=O) groups is 7. The van der Waals surface area contributed by atoms with Gasteiger partial charge in [-0.05, 0) is 82.5 Å². The molecule has 0 aromatic rings. The fraction of sp³-hybridized carbons (Fsp3) is 0.811. The second kappa shape index (κ2) is 17.1. The van der Waals surface area contributed by atoms with Crippen molar-refractivity contribution in [3.8, 4) is 0 Å². The van der Waals surface area contributed by atoms with Gasteiger partial charge in [-0.25, -0.2) is 0 Å². The minimum atomic E-state index is -1.05. The van der Waals surface area contributed by atoms with Gasteiger partial charge in [-0.1, -0.05) is 66.2 Å². The summed E-state index contributed by atoms with van der Waals surface area (Å²) in [4.78, 5) is 95.9. The lowest BCUT2D eigenvalue weighted by molar-refractivity contribution is -0.148. The van der Waals surface area contributed by atoms with Gasteiger partial charge in [0.2, 0.25) is 23.5 Å². The maximum absolute atomic E-state index is 14.8. The molecule has 4 fully saturated rings. The Morgan fingerprint density at radius 1 is 0.740 bits per heavy atom. The molecule has 0 spiro atoms. The molecule has 0 bridgehead atoms. The Morgan fingerprint density at radius 3 is 1.96 bits per heavy atom. The highest BCUT2D eigenvalue weighted by Gasteiger charge is 2.51. The average molecular weight is 701 g/mol. The van der Waals surface area contributed by atoms with Gasteiger partial charge in [0.1, 0.15) is 18.1 Å². The molecule has 280 valence electrons. The Hall–Kier alpha value is -3.51. The highest BCUT2D eigenvalue weighted by atomic mass is 16.2. The second-order valence-electron chi connectivity index (χ2n) is 16.4. The SMILES string of the molecule is CCC[C@H](NC(=O)C1CC2CCCCC2N1C(=O)[C@@H](NC(=O)[C@@H](NC(=O)C(=O)NC(C)C)C1CCCCC1)C(C)(C)C)C(=O)C(=O)NC1CC1. The summed E-state index contributed by atoms with van der Waals surface area (Å²) >= 11 is 0. The van der Waals surface area contributed by atoms with E-state index in [4.69, 9.17) is 0 Å². The van der Waals surface area contributed by atoms with E-state index in [0.29, 0.717) is 32.1 Å². The summed E-state index contributed by atoms with van der Waals surface area (Å²) < 4.78 is 0. The van der Waals surface area contributed by atoms with E-state index in [1.165, 1.54) is 0 Å². The van der Waals surface area contributed by atoms with E-state index in [1.54, 1.807) is 18.7 Å². The summed E-state index contributed by atoms with van der Waals surface area (Å²) in [5.74, 6) is -4.61. The van der Waals surface area contributed by atoms with Crippen molar-refractivity contribution in [3.05, 3.63) is 0 Å². The van der Waals surface area contributed by atoms with Crippen LogP contribution in [0.25, 0.3) is 0 Å².